The number of hydrogen-bond acceptors (Lipinski definition) is 16. The van der Waals surface area contributed by atoms with E-state index in [4.69, 9.17) is 30.0 Å². The number of rotatable bonds is 8. The maximum Gasteiger partial charge on any atom is 4.00 e. The van der Waals surface area contributed by atoms with Crippen molar-refractivity contribution in [3.05, 3.63) is 41.6 Å². The van der Waals surface area contributed by atoms with Crippen molar-refractivity contribution >= 4 is 41.9 Å². The molecular weight excluding hydrogens is 778 g/mol. The van der Waals surface area contributed by atoms with Crippen molar-refractivity contribution in [1.29, 1.82) is 0 Å². The predicted octanol–water partition coefficient (Wildman–Crippen LogP) is -0.646. The Morgan fingerprint density at radius 1 is 1.05 bits per heavy atom. The molecule has 236 valence electrons. The van der Waals surface area contributed by atoms with Gasteiger partial charge in [-0.15, -0.1) is 0 Å². The zero-order chi connectivity index (χ0) is 28.2. The van der Waals surface area contributed by atoms with Crippen LogP contribution in [-0.2, 0) is 44.2 Å². The van der Waals surface area contributed by atoms with Crippen molar-refractivity contribution in [2.75, 3.05) is 24.7 Å². The van der Waals surface area contributed by atoms with Crippen molar-refractivity contribution in [2.24, 2.45) is 0 Å². The molecule has 6 rings (SSSR count). The number of phosphoric ester groups is 1. The summed E-state index contributed by atoms with van der Waals surface area (Å²) in [5.41, 5.74) is 11.8. The molecule has 7 unspecified atom stereocenters. The number of phosphoric acid groups is 1. The van der Waals surface area contributed by atoms with Crippen molar-refractivity contribution in [3.8, 4) is 0 Å². The van der Waals surface area contributed by atoms with Gasteiger partial charge in [-0.1, -0.05) is 0 Å². The summed E-state index contributed by atoms with van der Waals surface area (Å²) in [6.07, 6.45) is -1.81. The van der Waals surface area contributed by atoms with Crippen molar-refractivity contribution in [3.63, 3.8) is 0 Å². The van der Waals surface area contributed by atoms with E-state index in [0.29, 0.717) is 11.2 Å². The Morgan fingerprint density at radius 2 is 1.70 bits per heavy atom. The first-order valence-corrected chi connectivity index (χ1v) is 13.5. The minimum Gasteiger partial charge on any atom is -0.756 e. The van der Waals surface area contributed by atoms with Crippen molar-refractivity contribution < 1.29 is 59.3 Å². The molecule has 11 N–H and O–H groups in total. The smallest absolute Gasteiger partial charge is 0.756 e. The Hall–Kier alpha value is -2.94. The standard InChI is InChI=1S/C20H25N10O9P.2H2N.Pt/c21-16-14-17(24-5-23-16)29(6-25-14)13-2-9(10(3-31)37-13)39-40(34,35)36-4-11-8(32)1-12(38-11)30-7-26-15-18(30)27-20(22)28-19(15)33;;;/h5-13,31-32H,1-4H2,(H,34,35)(H2,21,23,24)(H3,22,27,28,33);2*1H2;/q;2*-1;+4/p-1. The Kier molecular flexibility index (Phi) is 10.7. The van der Waals surface area contributed by atoms with E-state index in [-0.39, 0.29) is 69.1 Å². The summed E-state index contributed by atoms with van der Waals surface area (Å²) >= 11 is 0. The third-order valence-corrected chi connectivity index (χ3v) is 7.68. The molecule has 2 saturated heterocycles. The number of fused-ring (bicyclic) bond motifs is 2. The molecule has 6 heterocycles. The van der Waals surface area contributed by atoms with Gasteiger partial charge in [0.05, 0.1) is 38.1 Å². The Labute approximate surface area is 256 Å². The second-order valence-corrected chi connectivity index (χ2v) is 10.6. The topological polar surface area (TPSA) is 344 Å². The number of nitrogens with one attached hydrogen (secondary N) is 1. The van der Waals surface area contributed by atoms with Gasteiger partial charge in [0.25, 0.3) is 13.4 Å². The van der Waals surface area contributed by atoms with E-state index in [0.717, 1.165) is 0 Å². The number of anilines is 2. The van der Waals surface area contributed by atoms with Crippen LogP contribution in [0.1, 0.15) is 25.3 Å². The number of hydrogen-bond donors (Lipinski definition) is 5. The van der Waals surface area contributed by atoms with Gasteiger partial charge in [-0.25, -0.2) is 19.9 Å². The zero-order valence-electron chi connectivity index (χ0n) is 22.0. The van der Waals surface area contributed by atoms with Gasteiger partial charge in [-0.05, 0) is 0 Å². The molecule has 23 heteroatoms. The summed E-state index contributed by atoms with van der Waals surface area (Å²) in [7, 11) is -4.96. The maximum absolute atomic E-state index is 12.7. The van der Waals surface area contributed by atoms with E-state index in [9.17, 15) is 24.5 Å². The maximum atomic E-state index is 12.7. The Balaban J connectivity index is 0.00000169. The number of aliphatic hydroxyl groups excluding tert-OH is 2. The average molecular weight is 807 g/mol. The molecule has 0 spiro atoms. The molecule has 7 atom stereocenters. The molecule has 0 aromatic carbocycles. The van der Waals surface area contributed by atoms with E-state index >= 15 is 0 Å². The van der Waals surface area contributed by atoms with E-state index in [1.807, 2.05) is 0 Å². The normalized spacial score (nSPS) is 26.5. The third-order valence-electron chi connectivity index (χ3n) is 6.68. The first-order valence-electron chi connectivity index (χ1n) is 12.0. The molecule has 2 aliphatic heterocycles. The molecule has 4 aromatic rings. The van der Waals surface area contributed by atoms with Crippen LogP contribution in [0.2, 0.25) is 0 Å². The number of imidazole rings is 2. The summed E-state index contributed by atoms with van der Waals surface area (Å²) in [5.74, 6) is 0.0413. The van der Waals surface area contributed by atoms with Gasteiger partial charge in [0.15, 0.2) is 22.6 Å². The van der Waals surface area contributed by atoms with Gasteiger partial charge in [-0.2, -0.15) is 4.98 Å². The quantitative estimate of drug-likeness (QED) is 0.138. The Morgan fingerprint density at radius 3 is 2.42 bits per heavy atom. The van der Waals surface area contributed by atoms with Crippen LogP contribution < -0.4 is 21.9 Å². The van der Waals surface area contributed by atoms with Gasteiger partial charge < -0.3 is 57.4 Å². The van der Waals surface area contributed by atoms with E-state index < -0.39 is 63.5 Å². The van der Waals surface area contributed by atoms with Gasteiger partial charge >= 0.3 is 21.1 Å². The summed E-state index contributed by atoms with van der Waals surface area (Å²) < 4.78 is 37.5. The SMILES string of the molecule is Nc1nc2c(ncn2C2CC(O)C(COP(=O)([O-])OC3CC(n4cnc5c(N)ncnc54)OC3CO)O2)c(=O)[nH]1.[NH2-].[NH2-].[Pt+4]. The largest absolute Gasteiger partial charge is 4.00 e. The molecule has 43 heavy (non-hydrogen) atoms. The van der Waals surface area contributed by atoms with Gasteiger partial charge in [0, 0.05) is 12.8 Å². The number of nitrogens with two attached hydrogens (primary N) is 4. The Bertz CT molecular complexity index is 1670. The number of H-pyrrole nitrogens is 1. The van der Waals surface area contributed by atoms with Crippen LogP contribution in [0.4, 0.5) is 11.8 Å². The molecule has 0 aliphatic carbocycles. The first-order chi connectivity index (χ1) is 19.1. The van der Waals surface area contributed by atoms with E-state index in [2.05, 4.69) is 29.9 Å². The minimum absolute atomic E-state index is 0. The third kappa shape index (κ3) is 6.61. The van der Waals surface area contributed by atoms with Crippen LogP contribution in [0.15, 0.2) is 23.8 Å². The second-order valence-electron chi connectivity index (χ2n) is 9.22. The molecular formula is C20H28N12O9PPt+. The number of aromatic nitrogens is 8. The fraction of sp³-hybridized carbons (Fsp3) is 0.500. The summed E-state index contributed by atoms with van der Waals surface area (Å²) in [4.78, 5) is 47.3. The van der Waals surface area contributed by atoms with Gasteiger partial charge in [0.2, 0.25) is 5.95 Å². The molecule has 0 bridgehead atoms. The van der Waals surface area contributed by atoms with Gasteiger partial charge in [0.1, 0.15) is 36.5 Å². The zero-order valence-corrected chi connectivity index (χ0v) is 25.1. The number of aliphatic hydroxyl groups is 2. The fourth-order valence-corrected chi connectivity index (χ4v) is 5.72. The van der Waals surface area contributed by atoms with Crippen LogP contribution in [0.5, 0.6) is 0 Å². The van der Waals surface area contributed by atoms with Gasteiger partial charge in [-0.3, -0.25) is 23.5 Å². The fourth-order valence-electron chi connectivity index (χ4n) is 4.78. The van der Waals surface area contributed by atoms with Crippen molar-refractivity contribution in [1.82, 2.24) is 39.0 Å². The van der Waals surface area contributed by atoms with Crippen LogP contribution in [0.3, 0.4) is 0 Å². The minimum atomic E-state index is -4.96. The van der Waals surface area contributed by atoms with Crippen LogP contribution in [0.25, 0.3) is 34.6 Å². The molecule has 4 aromatic heterocycles. The van der Waals surface area contributed by atoms with Crippen LogP contribution >= 0.6 is 7.82 Å². The summed E-state index contributed by atoms with van der Waals surface area (Å²) in [6.45, 7) is -1.10. The molecule has 0 saturated carbocycles. The van der Waals surface area contributed by atoms with Crippen LogP contribution in [0, 0.1) is 0 Å². The van der Waals surface area contributed by atoms with Crippen LogP contribution in [-0.4, -0.2) is 86.9 Å². The molecule has 2 fully saturated rings. The van der Waals surface area contributed by atoms with E-state index in [1.165, 1.54) is 28.1 Å². The monoisotopic (exact) mass is 806 g/mol. The first kappa shape index (κ1) is 34.5. The molecule has 0 amide bonds. The number of nitrogens with zero attached hydrogens (tertiary/aromatic N) is 7. The number of aromatic amines is 1. The summed E-state index contributed by atoms with van der Waals surface area (Å²) in [5, 5.41) is 20.3. The average Bonchev–Trinajstić information content (AvgIpc) is 3.67. The van der Waals surface area contributed by atoms with E-state index in [1.54, 1.807) is 0 Å². The number of nitrogen functional groups attached to an aromatic ring is 2. The molecule has 21 nitrogen and oxygen atoms in total. The molecule has 0 radical (unpaired) electrons. The number of ether oxygens (including phenoxy) is 2. The molecule has 2 aliphatic rings. The van der Waals surface area contributed by atoms with Crippen molar-refractivity contribution in [2.45, 2.75) is 49.7 Å². The predicted molar refractivity (Wildman–Crippen MR) is 141 cm³/mol. The summed E-state index contributed by atoms with van der Waals surface area (Å²) in [6, 6.07) is 0. The second kappa shape index (κ2) is 13.4.